The second kappa shape index (κ2) is 10.5. The van der Waals surface area contributed by atoms with Crippen molar-refractivity contribution in [2.75, 3.05) is 24.0 Å². The van der Waals surface area contributed by atoms with Gasteiger partial charge in [-0.3, -0.25) is 14.3 Å². The molecule has 0 spiro atoms. The summed E-state index contributed by atoms with van der Waals surface area (Å²) in [5, 5.41) is 1.33. The Balaban J connectivity index is 1.33. The predicted molar refractivity (Wildman–Crippen MR) is 128 cm³/mol. The van der Waals surface area contributed by atoms with Gasteiger partial charge in [-0.05, 0) is 32.4 Å². The fourth-order valence-electron chi connectivity index (χ4n) is 3.82. The van der Waals surface area contributed by atoms with Crippen LogP contribution in [-0.2, 0) is 23.2 Å². The van der Waals surface area contributed by atoms with Crippen molar-refractivity contribution >= 4 is 36.5 Å². The van der Waals surface area contributed by atoms with Gasteiger partial charge >= 0.3 is 13.8 Å². The summed E-state index contributed by atoms with van der Waals surface area (Å²) in [6.45, 7) is 3.46. The highest BCUT2D eigenvalue weighted by Gasteiger charge is 2.34. The molecule has 0 saturated carbocycles. The van der Waals surface area contributed by atoms with Gasteiger partial charge < -0.3 is 14.8 Å². The lowest BCUT2D eigenvalue weighted by Gasteiger charge is -2.28. The molecule has 0 radical (unpaired) electrons. The van der Waals surface area contributed by atoms with Crippen molar-refractivity contribution in [3.63, 3.8) is 0 Å². The van der Waals surface area contributed by atoms with Crippen molar-refractivity contribution in [1.29, 1.82) is 0 Å². The number of allylic oxidation sites excluding steroid dienone is 1. The lowest BCUT2D eigenvalue weighted by Crippen LogP contribution is -2.40. The number of fused-ring (bicyclic) bond motifs is 1. The predicted octanol–water partition coefficient (Wildman–Crippen LogP) is 3.03. The molecule has 4 rings (SSSR count). The zero-order valence-electron chi connectivity index (χ0n) is 19.3. The number of hydroxylamine groups is 1. The van der Waals surface area contributed by atoms with Gasteiger partial charge in [0.25, 0.3) is 0 Å². The van der Waals surface area contributed by atoms with Crippen LogP contribution in [0.25, 0.3) is 11.2 Å². The van der Waals surface area contributed by atoms with Crippen molar-refractivity contribution < 1.29 is 28.1 Å². The van der Waals surface area contributed by atoms with Crippen molar-refractivity contribution in [3.8, 4) is 0 Å². The molecule has 0 bridgehead atoms. The molecule has 0 aliphatic heterocycles. The molecule has 1 aliphatic rings. The maximum absolute atomic E-state index is 12.6. The lowest BCUT2D eigenvalue weighted by atomic mass is 10.1. The number of rotatable bonds is 10. The summed E-state index contributed by atoms with van der Waals surface area (Å²) in [5.41, 5.74) is 7.56. The SMILES string of the molecule is CCON(c1ccccc1)[C@@H](C)C(=O)OP(=O)(O)OC[C@H]1C=C[C@@H](n2cnc3c(N)ncnc32)C1. The number of nitrogens with zero attached hydrogens (tertiary/aromatic N) is 5. The average Bonchev–Trinajstić information content (AvgIpc) is 3.49. The molecular formula is C22H27N6O6P. The van der Waals surface area contributed by atoms with Gasteiger partial charge in [-0.2, -0.15) is 0 Å². The maximum Gasteiger partial charge on any atom is 0.529 e. The highest BCUT2D eigenvalue weighted by molar-refractivity contribution is 7.48. The first-order chi connectivity index (χ1) is 16.8. The maximum atomic E-state index is 12.6. The Kier molecular flexibility index (Phi) is 7.46. The second-order valence-electron chi connectivity index (χ2n) is 7.96. The van der Waals surface area contributed by atoms with Crippen LogP contribution in [0.4, 0.5) is 11.5 Å². The van der Waals surface area contributed by atoms with E-state index < -0.39 is 19.8 Å². The van der Waals surface area contributed by atoms with E-state index in [1.54, 1.807) is 37.5 Å². The molecule has 0 saturated heterocycles. The molecule has 3 aromatic rings. The van der Waals surface area contributed by atoms with Gasteiger partial charge in [0.15, 0.2) is 17.5 Å². The zero-order chi connectivity index (χ0) is 25.0. The standard InChI is InChI=1S/C22H27N6O6P/c1-3-32-28(17-7-5-4-6-8-17)15(2)22(29)34-35(30,31)33-12-16-9-10-18(11-16)27-14-26-19-20(23)24-13-25-21(19)27/h4-10,13-16,18H,3,11-12H2,1-2H3,(H,30,31)(H2,23,24,25)/t15-,16-,18+/m0/s1. The van der Waals surface area contributed by atoms with E-state index in [1.807, 2.05) is 22.8 Å². The minimum absolute atomic E-state index is 0.0887. The smallest absolute Gasteiger partial charge is 0.382 e. The molecule has 1 unspecified atom stereocenters. The van der Waals surface area contributed by atoms with Gasteiger partial charge in [-0.15, -0.1) is 0 Å². The highest BCUT2D eigenvalue weighted by Crippen LogP contribution is 2.45. The minimum Gasteiger partial charge on any atom is -0.382 e. The Morgan fingerprint density at radius 1 is 1.29 bits per heavy atom. The normalized spacial score (nSPS) is 20.0. The Hall–Kier alpha value is -3.31. The van der Waals surface area contributed by atoms with E-state index >= 15 is 0 Å². The van der Waals surface area contributed by atoms with Crippen LogP contribution in [0.3, 0.4) is 0 Å². The summed E-state index contributed by atoms with van der Waals surface area (Å²) in [6, 6.07) is 7.83. The number of aromatic nitrogens is 4. The molecule has 0 amide bonds. The van der Waals surface area contributed by atoms with Crippen LogP contribution in [0.2, 0.25) is 0 Å². The fourth-order valence-corrected chi connectivity index (χ4v) is 4.63. The number of benzene rings is 1. The Morgan fingerprint density at radius 3 is 2.80 bits per heavy atom. The monoisotopic (exact) mass is 502 g/mol. The number of anilines is 2. The molecule has 13 heteroatoms. The summed E-state index contributed by atoms with van der Waals surface area (Å²) in [5.74, 6) is -0.837. The van der Waals surface area contributed by atoms with Gasteiger partial charge in [-0.25, -0.2) is 29.4 Å². The number of phosphoric acid groups is 1. The Morgan fingerprint density at radius 2 is 2.06 bits per heavy atom. The summed E-state index contributed by atoms with van der Waals surface area (Å²) in [4.78, 5) is 40.7. The third-order valence-electron chi connectivity index (χ3n) is 5.52. The first kappa shape index (κ1) is 24.8. The fraction of sp³-hybridized carbons (Fsp3) is 0.364. The van der Waals surface area contributed by atoms with Gasteiger partial charge in [0.2, 0.25) is 0 Å². The van der Waals surface area contributed by atoms with Gasteiger partial charge in [0.05, 0.1) is 31.3 Å². The number of hydrogen-bond donors (Lipinski definition) is 2. The Labute approximate surface area is 201 Å². The van der Waals surface area contributed by atoms with E-state index in [2.05, 4.69) is 15.0 Å². The van der Waals surface area contributed by atoms with E-state index in [1.165, 1.54) is 18.3 Å². The van der Waals surface area contributed by atoms with E-state index in [0.717, 1.165) is 0 Å². The number of nitrogens with two attached hydrogens (primary N) is 1. The number of carbonyl (C=O) groups is 1. The molecule has 4 atom stereocenters. The average molecular weight is 502 g/mol. The Bertz CT molecular complexity index is 1250. The molecule has 35 heavy (non-hydrogen) atoms. The lowest BCUT2D eigenvalue weighted by molar-refractivity contribution is -0.139. The van der Waals surface area contributed by atoms with Crippen molar-refractivity contribution in [3.05, 3.63) is 55.1 Å². The van der Waals surface area contributed by atoms with Gasteiger partial charge in [0, 0.05) is 5.92 Å². The summed E-state index contributed by atoms with van der Waals surface area (Å²) >= 11 is 0. The third-order valence-corrected chi connectivity index (χ3v) is 6.41. The van der Waals surface area contributed by atoms with Crippen molar-refractivity contribution in [2.45, 2.75) is 32.4 Å². The molecule has 0 fully saturated rings. The van der Waals surface area contributed by atoms with Crippen LogP contribution in [-0.4, -0.2) is 49.6 Å². The minimum atomic E-state index is -4.65. The summed E-state index contributed by atoms with van der Waals surface area (Å²) in [6.07, 6.45) is 7.38. The molecule has 1 aromatic carbocycles. The van der Waals surface area contributed by atoms with Crippen LogP contribution in [0, 0.1) is 5.92 Å². The van der Waals surface area contributed by atoms with Gasteiger partial charge in [-0.1, -0.05) is 30.4 Å². The van der Waals surface area contributed by atoms with Crippen LogP contribution in [0.1, 0.15) is 26.3 Å². The molecule has 186 valence electrons. The first-order valence-corrected chi connectivity index (χ1v) is 12.6. The van der Waals surface area contributed by atoms with Crippen LogP contribution >= 0.6 is 7.82 Å². The third kappa shape index (κ3) is 5.68. The highest BCUT2D eigenvalue weighted by atomic mass is 31.2. The van der Waals surface area contributed by atoms with E-state index in [-0.39, 0.29) is 18.6 Å². The van der Waals surface area contributed by atoms with Gasteiger partial charge in [0.1, 0.15) is 11.8 Å². The zero-order valence-corrected chi connectivity index (χ0v) is 20.2. The summed E-state index contributed by atoms with van der Waals surface area (Å²) in [7, 11) is -4.65. The van der Waals surface area contributed by atoms with Crippen molar-refractivity contribution in [2.24, 2.45) is 5.92 Å². The number of imidazole rings is 1. The first-order valence-electron chi connectivity index (χ1n) is 11.1. The van der Waals surface area contributed by atoms with Crippen LogP contribution in [0.15, 0.2) is 55.1 Å². The second-order valence-corrected chi connectivity index (χ2v) is 9.34. The molecule has 2 heterocycles. The van der Waals surface area contributed by atoms with Crippen LogP contribution in [0.5, 0.6) is 0 Å². The van der Waals surface area contributed by atoms with E-state index in [4.69, 9.17) is 19.6 Å². The molecule has 2 aromatic heterocycles. The number of para-hydroxylation sites is 1. The molecule has 1 aliphatic carbocycles. The quantitative estimate of drug-likeness (QED) is 0.239. The number of hydrogen-bond acceptors (Lipinski definition) is 10. The number of phosphoric ester groups is 1. The van der Waals surface area contributed by atoms with E-state index in [9.17, 15) is 14.3 Å². The molecule has 12 nitrogen and oxygen atoms in total. The van der Waals surface area contributed by atoms with Crippen LogP contribution < -0.4 is 10.8 Å². The molecular weight excluding hydrogens is 475 g/mol. The largest absolute Gasteiger partial charge is 0.529 e. The summed E-state index contributed by atoms with van der Waals surface area (Å²) < 4.78 is 24.3. The van der Waals surface area contributed by atoms with Crippen molar-refractivity contribution in [1.82, 2.24) is 19.5 Å². The number of carbonyl (C=O) groups excluding carboxylic acids is 1. The van der Waals surface area contributed by atoms with E-state index in [0.29, 0.717) is 35.7 Å². The topological polar surface area (TPSA) is 155 Å². The number of nitrogen functional groups attached to an aromatic ring is 1. The molecule has 3 N–H and O–H groups in total.